The number of primary amides is 1. The summed E-state index contributed by atoms with van der Waals surface area (Å²) in [6.45, 7) is 5.93. The van der Waals surface area contributed by atoms with Crippen molar-refractivity contribution >= 4 is 52.6 Å². The van der Waals surface area contributed by atoms with Crippen molar-refractivity contribution in [2.24, 2.45) is 10.8 Å². The number of halogens is 1. The third kappa shape index (κ3) is 12.3. The van der Waals surface area contributed by atoms with Crippen molar-refractivity contribution < 1.29 is 43.6 Å². The van der Waals surface area contributed by atoms with Gasteiger partial charge in [0.2, 0.25) is 5.91 Å². The van der Waals surface area contributed by atoms with E-state index >= 15 is 0 Å². The summed E-state index contributed by atoms with van der Waals surface area (Å²) < 4.78 is 16.8. The Balaban J connectivity index is 2.22. The van der Waals surface area contributed by atoms with E-state index in [1.54, 1.807) is 52.0 Å². The number of hydrogen-bond acceptors (Lipinski definition) is 10. The van der Waals surface area contributed by atoms with E-state index in [1.807, 2.05) is 22.6 Å². The zero-order valence-electron chi connectivity index (χ0n) is 24.2. The maximum atomic E-state index is 13.1. The molecule has 0 aliphatic heterocycles. The van der Waals surface area contributed by atoms with Gasteiger partial charge in [-0.15, -0.1) is 0 Å². The molecule has 4 amide bonds. The molecule has 14 nitrogen and oxygen atoms in total. The van der Waals surface area contributed by atoms with Gasteiger partial charge in [0, 0.05) is 6.42 Å². The number of hydrogen-bond donors (Lipinski definition) is 6. The quantitative estimate of drug-likeness (QED) is 0.0946. The van der Waals surface area contributed by atoms with Gasteiger partial charge >= 0.3 is 6.09 Å². The predicted octanol–water partition coefficient (Wildman–Crippen LogP) is 1.32. The number of benzene rings is 2. The van der Waals surface area contributed by atoms with Gasteiger partial charge in [-0.2, -0.15) is 5.10 Å². The first-order valence-electron chi connectivity index (χ1n) is 13.1. The van der Waals surface area contributed by atoms with Crippen LogP contribution >= 0.6 is 22.6 Å². The van der Waals surface area contributed by atoms with Gasteiger partial charge in [-0.1, -0.05) is 12.1 Å². The van der Waals surface area contributed by atoms with Crippen LogP contribution in [0.25, 0.3) is 0 Å². The molecule has 2 aromatic rings. The van der Waals surface area contributed by atoms with Crippen LogP contribution in [0.5, 0.6) is 17.2 Å². The second kappa shape index (κ2) is 16.5. The highest BCUT2D eigenvalue weighted by atomic mass is 127. The van der Waals surface area contributed by atoms with E-state index in [2.05, 4.69) is 21.2 Å². The van der Waals surface area contributed by atoms with E-state index in [0.717, 1.165) is 0 Å². The fourth-order valence-corrected chi connectivity index (χ4v) is 4.23. The van der Waals surface area contributed by atoms with Crippen molar-refractivity contribution in [1.29, 1.82) is 0 Å². The first-order chi connectivity index (χ1) is 20.2. The van der Waals surface area contributed by atoms with Crippen molar-refractivity contribution in [3.63, 3.8) is 0 Å². The molecule has 0 aromatic heterocycles. The molecule has 0 unspecified atom stereocenters. The van der Waals surface area contributed by atoms with Crippen LogP contribution in [0, 0.1) is 3.57 Å². The highest BCUT2D eigenvalue weighted by molar-refractivity contribution is 14.1. The number of aromatic hydroxyl groups is 1. The first kappa shape index (κ1) is 35.1. The lowest BCUT2D eigenvalue weighted by Gasteiger charge is -2.24. The standard InChI is InChI=1S/C28H36IN5O9/c1-5-41-22-12-17(10-19(29)24(22)42-15-23(30)37)13-31-34-26(39)20(11-16-6-8-18(36)9-7-16)32-25(38)21(14-35)33-27(40)43-28(2,3)4/h6-10,12-13,20-21,35-36H,5,11,14-15H2,1-4H3,(H2,30,37)(H,32,38)(H,33,40)(H,34,39)/b31-13-/t20-,21-/m0/s1. The van der Waals surface area contributed by atoms with Gasteiger partial charge in [-0.3, -0.25) is 14.4 Å². The number of phenols is 1. The molecule has 0 radical (unpaired) electrons. The largest absolute Gasteiger partial charge is 0.508 e. The van der Waals surface area contributed by atoms with Crippen molar-refractivity contribution in [2.75, 3.05) is 19.8 Å². The molecule has 2 atom stereocenters. The Morgan fingerprint density at radius 3 is 2.30 bits per heavy atom. The Morgan fingerprint density at radius 1 is 1.05 bits per heavy atom. The average molecular weight is 714 g/mol. The van der Waals surface area contributed by atoms with E-state index in [9.17, 15) is 29.4 Å². The second-order valence-corrected chi connectivity index (χ2v) is 11.2. The van der Waals surface area contributed by atoms with Crippen LogP contribution in [-0.4, -0.2) is 77.7 Å². The van der Waals surface area contributed by atoms with Crippen molar-refractivity contribution in [3.05, 3.63) is 51.1 Å². The van der Waals surface area contributed by atoms with Crippen molar-refractivity contribution in [2.45, 2.75) is 51.8 Å². The van der Waals surface area contributed by atoms with Crippen LogP contribution in [0.2, 0.25) is 0 Å². The Bertz CT molecular complexity index is 1310. The smallest absolute Gasteiger partial charge is 0.408 e. The maximum Gasteiger partial charge on any atom is 0.408 e. The minimum absolute atomic E-state index is 0.00373. The molecule has 0 fully saturated rings. The number of rotatable bonds is 14. The summed E-state index contributed by atoms with van der Waals surface area (Å²) in [4.78, 5) is 49.4. The number of carbonyl (C=O) groups excluding carboxylic acids is 4. The van der Waals surface area contributed by atoms with Gasteiger partial charge < -0.3 is 40.8 Å². The van der Waals surface area contributed by atoms with Gasteiger partial charge in [0.05, 0.1) is 23.0 Å². The molecule has 0 bridgehead atoms. The summed E-state index contributed by atoms with van der Waals surface area (Å²) in [7, 11) is 0. The van der Waals surface area contributed by atoms with Crippen LogP contribution in [0.3, 0.4) is 0 Å². The number of aliphatic hydroxyl groups is 1. The normalized spacial score (nSPS) is 12.6. The molecule has 7 N–H and O–H groups in total. The molecular weight excluding hydrogens is 677 g/mol. The SMILES string of the molecule is CCOc1cc(/C=N\NC(=O)[C@H](Cc2ccc(O)cc2)NC(=O)[C@H](CO)NC(=O)OC(C)(C)C)cc(I)c1OCC(N)=O. The first-order valence-corrected chi connectivity index (χ1v) is 14.2. The van der Waals surface area contributed by atoms with Crippen molar-refractivity contribution in [3.8, 4) is 17.2 Å². The maximum absolute atomic E-state index is 13.1. The molecule has 0 aliphatic rings. The molecule has 0 heterocycles. The van der Waals surface area contributed by atoms with E-state index in [0.29, 0.717) is 32.8 Å². The van der Waals surface area contributed by atoms with E-state index < -0.39 is 48.1 Å². The lowest BCUT2D eigenvalue weighted by Crippen LogP contribution is -2.55. The van der Waals surface area contributed by atoms with E-state index in [4.69, 9.17) is 19.9 Å². The molecule has 0 aliphatic carbocycles. The van der Waals surface area contributed by atoms with Crippen LogP contribution in [0.4, 0.5) is 4.79 Å². The lowest BCUT2D eigenvalue weighted by atomic mass is 10.0. The molecule has 2 aromatic carbocycles. The number of nitrogens with two attached hydrogens (primary N) is 1. The Hall–Kier alpha value is -4.12. The zero-order valence-corrected chi connectivity index (χ0v) is 26.3. The predicted molar refractivity (Wildman–Crippen MR) is 165 cm³/mol. The van der Waals surface area contributed by atoms with Gasteiger partial charge in [0.25, 0.3) is 11.8 Å². The monoisotopic (exact) mass is 713 g/mol. The van der Waals surface area contributed by atoms with Gasteiger partial charge in [0.15, 0.2) is 18.1 Å². The second-order valence-electron chi connectivity index (χ2n) is 10.1. The summed E-state index contributed by atoms with van der Waals surface area (Å²) in [5.74, 6) is -1.49. The van der Waals surface area contributed by atoms with Crippen molar-refractivity contribution in [1.82, 2.24) is 16.1 Å². The van der Waals surface area contributed by atoms with Crippen LogP contribution in [-0.2, 0) is 25.5 Å². The fraction of sp³-hybridized carbons (Fsp3) is 0.393. The minimum atomic E-state index is -1.40. The average Bonchev–Trinajstić information content (AvgIpc) is 2.91. The molecule has 43 heavy (non-hydrogen) atoms. The van der Waals surface area contributed by atoms with Gasteiger partial charge in [-0.25, -0.2) is 10.2 Å². The number of aliphatic hydroxyl groups excluding tert-OH is 1. The molecule has 15 heteroatoms. The lowest BCUT2D eigenvalue weighted by molar-refractivity contribution is -0.130. The third-order valence-corrected chi connectivity index (χ3v) is 6.08. The molecule has 0 spiro atoms. The van der Waals surface area contributed by atoms with E-state index in [-0.39, 0.29) is 18.8 Å². The molecule has 0 saturated carbocycles. The number of carbonyl (C=O) groups is 4. The number of alkyl carbamates (subject to hydrolysis) is 1. The summed E-state index contributed by atoms with van der Waals surface area (Å²) >= 11 is 2.00. The fourth-order valence-electron chi connectivity index (χ4n) is 3.45. The van der Waals surface area contributed by atoms with E-state index in [1.165, 1.54) is 18.3 Å². The van der Waals surface area contributed by atoms with Crippen LogP contribution in [0.1, 0.15) is 38.8 Å². The summed E-state index contributed by atoms with van der Waals surface area (Å²) in [5, 5.41) is 28.1. The Morgan fingerprint density at radius 2 is 1.72 bits per heavy atom. The Labute approximate surface area is 262 Å². The number of amides is 4. The Kier molecular flexibility index (Phi) is 13.5. The number of phenolic OH excluding ortho intramolecular Hbond substituents is 1. The molecule has 234 valence electrons. The number of nitrogens with one attached hydrogen (secondary N) is 3. The zero-order chi connectivity index (χ0) is 32.2. The van der Waals surface area contributed by atoms with Crippen LogP contribution < -0.4 is 31.3 Å². The van der Waals surface area contributed by atoms with Gasteiger partial charge in [-0.05, 0) is 85.7 Å². The van der Waals surface area contributed by atoms with Gasteiger partial charge in [0.1, 0.15) is 23.4 Å². The number of nitrogens with zero attached hydrogens (tertiary/aromatic N) is 1. The minimum Gasteiger partial charge on any atom is -0.508 e. The summed E-state index contributed by atoms with van der Waals surface area (Å²) in [6.07, 6.45) is 0.425. The summed E-state index contributed by atoms with van der Waals surface area (Å²) in [5.41, 5.74) is 7.85. The number of hydrazone groups is 1. The molecule has 2 rings (SSSR count). The highest BCUT2D eigenvalue weighted by Gasteiger charge is 2.28. The van der Waals surface area contributed by atoms with Crippen LogP contribution in [0.15, 0.2) is 41.5 Å². The topological polar surface area (TPSA) is 211 Å². The molecular formula is C28H36IN5O9. The third-order valence-electron chi connectivity index (χ3n) is 5.28. The number of ether oxygens (including phenoxy) is 3. The summed E-state index contributed by atoms with van der Waals surface area (Å²) in [6, 6.07) is 6.70. The highest BCUT2D eigenvalue weighted by Crippen LogP contribution is 2.33. The molecule has 0 saturated heterocycles.